The molecule has 0 aliphatic carbocycles. The van der Waals surface area contributed by atoms with Crippen LogP contribution in [0.25, 0.3) is 0 Å². The molecule has 0 bridgehead atoms. The number of nitrogens with one attached hydrogen (secondary N) is 1. The van der Waals surface area contributed by atoms with Gasteiger partial charge < -0.3 is 19.9 Å². The van der Waals surface area contributed by atoms with Crippen LogP contribution in [-0.4, -0.2) is 30.7 Å². The molecule has 1 unspecified atom stereocenters. The van der Waals surface area contributed by atoms with Crippen molar-refractivity contribution in [2.24, 2.45) is 0 Å². The molecule has 20 heavy (non-hydrogen) atoms. The normalized spacial score (nSPS) is 17.4. The summed E-state index contributed by atoms with van der Waals surface area (Å²) in [4.78, 5) is 22.2. The quantitative estimate of drug-likeness (QED) is 0.816. The van der Waals surface area contributed by atoms with E-state index >= 15 is 0 Å². The van der Waals surface area contributed by atoms with E-state index in [0.29, 0.717) is 24.5 Å². The maximum atomic E-state index is 11.6. The lowest BCUT2D eigenvalue weighted by Gasteiger charge is -2.18. The summed E-state index contributed by atoms with van der Waals surface area (Å²) in [5.41, 5.74) is 0.849. The Morgan fingerprint density at radius 2 is 2.30 bits per heavy atom. The van der Waals surface area contributed by atoms with E-state index in [2.05, 4.69) is 5.32 Å². The van der Waals surface area contributed by atoms with E-state index in [0.717, 1.165) is 12.0 Å². The Bertz CT molecular complexity index is 514. The van der Waals surface area contributed by atoms with Gasteiger partial charge in [0.05, 0.1) is 19.8 Å². The lowest BCUT2D eigenvalue weighted by atomic mass is 10.0. The van der Waals surface area contributed by atoms with Crippen LogP contribution in [0.5, 0.6) is 11.5 Å². The smallest absolute Gasteiger partial charge is 0.312 e. The monoisotopic (exact) mass is 279 g/mol. The van der Waals surface area contributed by atoms with Crippen molar-refractivity contribution < 1.29 is 24.2 Å². The zero-order chi connectivity index (χ0) is 14.5. The van der Waals surface area contributed by atoms with Crippen LogP contribution in [-0.2, 0) is 9.59 Å². The molecule has 1 atom stereocenters. The first-order valence-electron chi connectivity index (χ1n) is 6.42. The van der Waals surface area contributed by atoms with Gasteiger partial charge in [0, 0.05) is 11.6 Å². The minimum absolute atomic E-state index is 0.231. The first kappa shape index (κ1) is 14.2. The molecule has 1 amide bonds. The molecular weight excluding hydrogens is 262 g/mol. The summed E-state index contributed by atoms with van der Waals surface area (Å²) in [6, 6.07) is 5.18. The van der Waals surface area contributed by atoms with Crippen LogP contribution in [0.4, 0.5) is 0 Å². The first-order valence-corrected chi connectivity index (χ1v) is 6.42. The molecule has 0 radical (unpaired) electrons. The Kier molecular flexibility index (Phi) is 4.45. The summed E-state index contributed by atoms with van der Waals surface area (Å²) in [6.07, 6.45) is 0.975. The number of ether oxygens (including phenoxy) is 2. The molecular formula is C14H17NO5. The third-order valence-electron chi connectivity index (χ3n) is 3.14. The van der Waals surface area contributed by atoms with Gasteiger partial charge in [-0.2, -0.15) is 0 Å². The molecule has 1 heterocycles. The second-order valence-corrected chi connectivity index (χ2v) is 4.59. The van der Waals surface area contributed by atoms with Crippen molar-refractivity contribution in [3.05, 3.63) is 23.8 Å². The number of carboxylic acids is 1. The Labute approximate surface area is 116 Å². The molecule has 2 rings (SSSR count). The van der Waals surface area contributed by atoms with Gasteiger partial charge in [0.1, 0.15) is 17.9 Å². The maximum Gasteiger partial charge on any atom is 0.312 e. The van der Waals surface area contributed by atoms with Gasteiger partial charge in [0.15, 0.2) is 0 Å². The summed E-state index contributed by atoms with van der Waals surface area (Å²) >= 11 is 0. The van der Waals surface area contributed by atoms with Gasteiger partial charge >= 0.3 is 5.97 Å². The van der Waals surface area contributed by atoms with Crippen LogP contribution < -0.4 is 14.8 Å². The van der Waals surface area contributed by atoms with Gasteiger partial charge in [-0.3, -0.25) is 9.59 Å². The number of methoxy groups -OCH3 is 1. The first-order chi connectivity index (χ1) is 9.60. The molecule has 6 heteroatoms. The van der Waals surface area contributed by atoms with Gasteiger partial charge in [-0.1, -0.05) is 0 Å². The highest BCUT2D eigenvalue weighted by molar-refractivity contribution is 5.93. The number of fused-ring (bicyclic) bond motifs is 1. The maximum absolute atomic E-state index is 11.6. The van der Waals surface area contributed by atoms with Crippen molar-refractivity contribution in [1.82, 2.24) is 5.32 Å². The fourth-order valence-electron chi connectivity index (χ4n) is 2.21. The number of carboxylic acid groups (broad SMARTS) is 1. The van der Waals surface area contributed by atoms with E-state index in [4.69, 9.17) is 14.6 Å². The molecule has 0 spiro atoms. The summed E-state index contributed by atoms with van der Waals surface area (Å²) in [7, 11) is 1.57. The summed E-state index contributed by atoms with van der Waals surface area (Å²) in [6.45, 7) is 0.561. The number of hydrogen-bond donors (Lipinski definition) is 2. The van der Waals surface area contributed by atoms with Crippen LogP contribution in [0, 0.1) is 0 Å². The van der Waals surface area contributed by atoms with Gasteiger partial charge in [0.25, 0.3) is 0 Å². The standard InChI is InChI=1S/C14H17NO5/c1-19-9-4-5-10-11(15-13(16)8-14(17)18)3-2-6-20-12(10)7-9/h4-5,7,11H,2-3,6,8H2,1H3,(H,15,16)(H,17,18). The highest BCUT2D eigenvalue weighted by Gasteiger charge is 2.22. The van der Waals surface area contributed by atoms with Crippen molar-refractivity contribution in [3.8, 4) is 11.5 Å². The number of rotatable bonds is 4. The highest BCUT2D eigenvalue weighted by Crippen LogP contribution is 2.34. The second kappa shape index (κ2) is 6.27. The van der Waals surface area contributed by atoms with Crippen molar-refractivity contribution in [2.75, 3.05) is 13.7 Å². The summed E-state index contributed by atoms with van der Waals surface area (Å²) in [5, 5.41) is 11.4. The third-order valence-corrected chi connectivity index (χ3v) is 3.14. The van der Waals surface area contributed by atoms with E-state index in [-0.39, 0.29) is 6.04 Å². The lowest BCUT2D eigenvalue weighted by Crippen LogP contribution is -2.29. The SMILES string of the molecule is COc1ccc2c(c1)OCCCC2NC(=O)CC(=O)O. The molecule has 1 aromatic carbocycles. The predicted molar refractivity (Wildman–Crippen MR) is 70.9 cm³/mol. The van der Waals surface area contributed by atoms with Crippen molar-refractivity contribution >= 4 is 11.9 Å². The molecule has 1 aliphatic heterocycles. The van der Waals surface area contributed by atoms with Crippen LogP contribution in [0.1, 0.15) is 30.9 Å². The Hall–Kier alpha value is -2.24. The number of carbonyl (C=O) groups is 2. The number of aliphatic carboxylic acids is 1. The Morgan fingerprint density at radius 1 is 1.50 bits per heavy atom. The van der Waals surface area contributed by atoms with E-state index in [9.17, 15) is 9.59 Å². The van der Waals surface area contributed by atoms with Gasteiger partial charge in [-0.15, -0.1) is 0 Å². The van der Waals surface area contributed by atoms with Crippen molar-refractivity contribution in [3.63, 3.8) is 0 Å². The largest absolute Gasteiger partial charge is 0.497 e. The van der Waals surface area contributed by atoms with Gasteiger partial charge in [0.2, 0.25) is 5.91 Å². The lowest BCUT2D eigenvalue weighted by molar-refractivity contribution is -0.140. The van der Waals surface area contributed by atoms with E-state index in [1.54, 1.807) is 19.2 Å². The summed E-state index contributed by atoms with van der Waals surface area (Å²) < 4.78 is 10.8. The fraction of sp³-hybridized carbons (Fsp3) is 0.429. The van der Waals surface area contributed by atoms with Gasteiger partial charge in [-0.25, -0.2) is 0 Å². The average Bonchev–Trinajstić information content (AvgIpc) is 2.59. The highest BCUT2D eigenvalue weighted by atomic mass is 16.5. The topological polar surface area (TPSA) is 84.9 Å². The molecule has 0 saturated heterocycles. The van der Waals surface area contributed by atoms with E-state index in [1.807, 2.05) is 6.07 Å². The summed E-state index contributed by atoms with van der Waals surface area (Å²) in [5.74, 6) is -0.280. The number of carbonyl (C=O) groups excluding carboxylic acids is 1. The number of amides is 1. The second-order valence-electron chi connectivity index (χ2n) is 4.59. The molecule has 0 saturated carbocycles. The fourth-order valence-corrected chi connectivity index (χ4v) is 2.21. The molecule has 1 aliphatic rings. The van der Waals surface area contributed by atoms with Crippen LogP contribution in [0.3, 0.4) is 0 Å². The minimum atomic E-state index is -1.14. The van der Waals surface area contributed by atoms with Gasteiger partial charge in [-0.05, 0) is 25.0 Å². The zero-order valence-electron chi connectivity index (χ0n) is 11.2. The van der Waals surface area contributed by atoms with E-state index in [1.165, 1.54) is 0 Å². The molecule has 1 aromatic rings. The zero-order valence-corrected chi connectivity index (χ0v) is 11.2. The van der Waals surface area contributed by atoms with E-state index < -0.39 is 18.3 Å². The molecule has 0 fully saturated rings. The average molecular weight is 279 g/mol. The van der Waals surface area contributed by atoms with Crippen molar-refractivity contribution in [2.45, 2.75) is 25.3 Å². The molecule has 0 aromatic heterocycles. The Balaban J connectivity index is 2.18. The Morgan fingerprint density at radius 3 is 3.00 bits per heavy atom. The van der Waals surface area contributed by atoms with Crippen molar-refractivity contribution in [1.29, 1.82) is 0 Å². The third kappa shape index (κ3) is 3.40. The van der Waals surface area contributed by atoms with Crippen LogP contribution in [0.2, 0.25) is 0 Å². The molecule has 2 N–H and O–H groups in total. The minimum Gasteiger partial charge on any atom is -0.497 e. The number of hydrogen-bond acceptors (Lipinski definition) is 4. The molecule has 6 nitrogen and oxygen atoms in total. The van der Waals surface area contributed by atoms with Crippen LogP contribution >= 0.6 is 0 Å². The predicted octanol–water partition coefficient (Wildman–Crippen LogP) is 1.50. The number of benzene rings is 1. The molecule has 108 valence electrons. The van der Waals surface area contributed by atoms with Crippen LogP contribution in [0.15, 0.2) is 18.2 Å².